The molecule has 2 heteroatoms. The Morgan fingerprint density at radius 1 is 1.09 bits per heavy atom. The summed E-state index contributed by atoms with van der Waals surface area (Å²) >= 11 is 0. The summed E-state index contributed by atoms with van der Waals surface area (Å²) in [5.74, 6) is 1.56. The van der Waals surface area contributed by atoms with Crippen molar-refractivity contribution in [3.05, 3.63) is 36.0 Å². The van der Waals surface area contributed by atoms with Crippen LogP contribution in [-0.4, -0.2) is 22.4 Å². The largest absolute Gasteiger partial charge is 0.392 e. The molecule has 0 aromatic carbocycles. The van der Waals surface area contributed by atoms with E-state index in [1.54, 1.807) is 0 Å². The van der Waals surface area contributed by atoms with Gasteiger partial charge in [-0.2, -0.15) is 0 Å². The summed E-state index contributed by atoms with van der Waals surface area (Å²) in [7, 11) is 0. The van der Waals surface area contributed by atoms with Crippen LogP contribution in [-0.2, 0) is 0 Å². The van der Waals surface area contributed by atoms with Gasteiger partial charge in [-0.1, -0.05) is 37.3 Å². The number of hydrogen-bond acceptors (Lipinski definition) is 2. The number of rotatable bonds is 2. The van der Waals surface area contributed by atoms with Crippen LogP contribution in [0.2, 0.25) is 0 Å². The second kappa shape index (κ2) is 8.69. The fraction of sp³-hybridized carbons (Fsp3) is 0.700. The molecule has 22 heavy (non-hydrogen) atoms. The average molecular weight is 306 g/mol. The Kier molecular flexibility index (Phi) is 7.58. The molecule has 2 rings (SSSR count). The van der Waals surface area contributed by atoms with Crippen molar-refractivity contribution < 1.29 is 10.2 Å². The third-order valence-corrected chi connectivity index (χ3v) is 5.17. The van der Waals surface area contributed by atoms with Gasteiger partial charge in [0.15, 0.2) is 0 Å². The zero-order valence-corrected chi connectivity index (χ0v) is 14.8. The monoisotopic (exact) mass is 306 g/mol. The molecule has 1 fully saturated rings. The lowest BCUT2D eigenvalue weighted by molar-refractivity contribution is 0.0656. The first-order valence-electron chi connectivity index (χ1n) is 8.55. The molecule has 0 radical (unpaired) electrons. The van der Waals surface area contributed by atoms with Crippen molar-refractivity contribution in [1.82, 2.24) is 0 Å². The zero-order chi connectivity index (χ0) is 16.9. The first kappa shape index (κ1) is 19.2. The molecule has 2 nitrogen and oxygen atoms in total. The fourth-order valence-corrected chi connectivity index (χ4v) is 3.34. The minimum absolute atomic E-state index is 0.128. The lowest BCUT2D eigenvalue weighted by Gasteiger charge is -2.31. The van der Waals surface area contributed by atoms with Crippen LogP contribution < -0.4 is 0 Å². The standard InChI is InChI=1S/C10H16O.C10H18O/c1-7(2)9-5-4-8(3)10(11)6-9;1-7(2)9-5-4-8(3)6-10(9)11/h4,9-11H,1,5-6H2,2-3H3;8-11H,1,4-6H2,2-3H3/t;8-,9+,10-/m.1/s1. The van der Waals surface area contributed by atoms with Crippen molar-refractivity contribution in [3.63, 3.8) is 0 Å². The lowest BCUT2D eigenvalue weighted by atomic mass is 9.78. The molecule has 2 aliphatic carbocycles. The van der Waals surface area contributed by atoms with Gasteiger partial charge >= 0.3 is 0 Å². The third-order valence-electron chi connectivity index (χ3n) is 5.17. The lowest BCUT2D eigenvalue weighted by Crippen LogP contribution is -2.28. The SMILES string of the molecule is C=C(C)C1CC=C(C)C(O)C1.C=C(C)[C@@H]1CC[C@@H](C)C[C@H]1O. The Hall–Kier alpha value is -0.860. The van der Waals surface area contributed by atoms with Crippen LogP contribution in [0.3, 0.4) is 0 Å². The number of aliphatic hydroxyl groups excluding tert-OH is 2. The van der Waals surface area contributed by atoms with E-state index >= 15 is 0 Å². The van der Waals surface area contributed by atoms with Gasteiger partial charge in [0.05, 0.1) is 12.2 Å². The number of aliphatic hydroxyl groups is 2. The first-order valence-corrected chi connectivity index (χ1v) is 8.55. The molecular formula is C20H34O2. The van der Waals surface area contributed by atoms with Crippen molar-refractivity contribution >= 4 is 0 Å². The van der Waals surface area contributed by atoms with Gasteiger partial charge in [-0.25, -0.2) is 0 Å². The first-order chi connectivity index (χ1) is 10.2. The highest BCUT2D eigenvalue weighted by Gasteiger charge is 2.26. The molecule has 0 aromatic heterocycles. The van der Waals surface area contributed by atoms with Crippen LogP contribution in [0.4, 0.5) is 0 Å². The number of hydrogen-bond donors (Lipinski definition) is 2. The minimum atomic E-state index is -0.231. The molecule has 2 aliphatic rings. The van der Waals surface area contributed by atoms with E-state index in [9.17, 15) is 10.2 Å². The molecule has 5 atom stereocenters. The van der Waals surface area contributed by atoms with E-state index in [1.165, 1.54) is 12.0 Å². The van der Waals surface area contributed by atoms with Gasteiger partial charge in [-0.15, -0.1) is 0 Å². The maximum Gasteiger partial charge on any atom is 0.0753 e. The van der Waals surface area contributed by atoms with Gasteiger partial charge in [-0.05, 0) is 70.3 Å². The molecule has 0 spiro atoms. The maximum absolute atomic E-state index is 9.65. The Bertz CT molecular complexity index is 421. The van der Waals surface area contributed by atoms with E-state index in [0.717, 1.165) is 36.8 Å². The molecule has 0 saturated heterocycles. The van der Waals surface area contributed by atoms with Crippen molar-refractivity contribution in [2.75, 3.05) is 0 Å². The van der Waals surface area contributed by atoms with E-state index in [4.69, 9.17) is 0 Å². The minimum Gasteiger partial charge on any atom is -0.392 e. The fourth-order valence-electron chi connectivity index (χ4n) is 3.34. The van der Waals surface area contributed by atoms with Crippen LogP contribution in [0.1, 0.15) is 59.8 Å². The van der Waals surface area contributed by atoms with E-state index in [-0.39, 0.29) is 12.2 Å². The summed E-state index contributed by atoms with van der Waals surface area (Å²) < 4.78 is 0. The van der Waals surface area contributed by atoms with Crippen molar-refractivity contribution in [2.45, 2.75) is 72.0 Å². The molecule has 0 aromatic rings. The van der Waals surface area contributed by atoms with Gasteiger partial charge in [0, 0.05) is 5.92 Å². The Morgan fingerprint density at radius 3 is 2.18 bits per heavy atom. The molecule has 2 N–H and O–H groups in total. The molecule has 0 amide bonds. The predicted octanol–water partition coefficient (Wildman–Crippen LogP) is 4.64. The summed E-state index contributed by atoms with van der Waals surface area (Å²) in [5.41, 5.74) is 3.44. The zero-order valence-electron chi connectivity index (χ0n) is 14.8. The second-order valence-corrected chi connectivity index (χ2v) is 7.42. The van der Waals surface area contributed by atoms with E-state index in [0.29, 0.717) is 17.8 Å². The summed E-state index contributed by atoms with van der Waals surface area (Å²) in [6.07, 6.45) is 6.99. The van der Waals surface area contributed by atoms with E-state index in [2.05, 4.69) is 26.2 Å². The Balaban J connectivity index is 0.000000220. The van der Waals surface area contributed by atoms with Gasteiger partial charge in [0.1, 0.15) is 0 Å². The van der Waals surface area contributed by atoms with Crippen molar-refractivity contribution in [3.8, 4) is 0 Å². The summed E-state index contributed by atoms with van der Waals surface area (Å²) in [5, 5.41) is 19.1. The highest BCUT2D eigenvalue weighted by molar-refractivity contribution is 5.14. The van der Waals surface area contributed by atoms with Crippen LogP contribution in [0.15, 0.2) is 36.0 Å². The molecule has 1 saturated carbocycles. The van der Waals surface area contributed by atoms with E-state index < -0.39 is 0 Å². The topological polar surface area (TPSA) is 40.5 Å². The molecule has 0 aliphatic heterocycles. The maximum atomic E-state index is 9.65. The molecule has 0 heterocycles. The van der Waals surface area contributed by atoms with E-state index in [1.807, 2.05) is 20.8 Å². The normalized spacial score (nSPS) is 35.0. The van der Waals surface area contributed by atoms with Gasteiger partial charge in [0.2, 0.25) is 0 Å². The van der Waals surface area contributed by atoms with Crippen LogP contribution in [0.5, 0.6) is 0 Å². The highest BCUT2D eigenvalue weighted by Crippen LogP contribution is 2.32. The smallest absolute Gasteiger partial charge is 0.0753 e. The molecule has 0 bridgehead atoms. The molecule has 126 valence electrons. The number of allylic oxidation sites excluding steroid dienone is 2. The van der Waals surface area contributed by atoms with Crippen LogP contribution >= 0.6 is 0 Å². The Morgan fingerprint density at radius 2 is 1.73 bits per heavy atom. The van der Waals surface area contributed by atoms with Gasteiger partial charge in [0.25, 0.3) is 0 Å². The van der Waals surface area contributed by atoms with Crippen LogP contribution in [0.25, 0.3) is 0 Å². The van der Waals surface area contributed by atoms with Gasteiger partial charge < -0.3 is 10.2 Å². The average Bonchev–Trinajstić information content (AvgIpc) is 2.41. The van der Waals surface area contributed by atoms with Crippen molar-refractivity contribution in [1.29, 1.82) is 0 Å². The van der Waals surface area contributed by atoms with Gasteiger partial charge in [-0.3, -0.25) is 0 Å². The second-order valence-electron chi connectivity index (χ2n) is 7.42. The third kappa shape index (κ3) is 5.73. The molecular weight excluding hydrogens is 272 g/mol. The summed E-state index contributed by atoms with van der Waals surface area (Å²) in [6.45, 7) is 16.0. The molecule has 2 unspecified atom stereocenters. The Labute approximate surface area is 136 Å². The highest BCUT2D eigenvalue weighted by atomic mass is 16.3. The predicted molar refractivity (Wildman–Crippen MR) is 94.6 cm³/mol. The quantitative estimate of drug-likeness (QED) is 0.730. The summed E-state index contributed by atoms with van der Waals surface area (Å²) in [6, 6.07) is 0. The van der Waals surface area contributed by atoms with Crippen molar-refractivity contribution in [2.24, 2.45) is 17.8 Å². The van der Waals surface area contributed by atoms with Crippen LogP contribution in [0, 0.1) is 17.8 Å². The summed E-state index contributed by atoms with van der Waals surface area (Å²) in [4.78, 5) is 0.